The molecular formula is C12H5F6NO. The number of hydrogen-bond acceptors (Lipinski definition) is 2. The van der Waals surface area contributed by atoms with E-state index in [1.807, 2.05) is 0 Å². The van der Waals surface area contributed by atoms with Gasteiger partial charge in [-0.25, -0.2) is 8.78 Å². The van der Waals surface area contributed by atoms with Crippen LogP contribution >= 0.6 is 0 Å². The molecule has 1 aromatic carbocycles. The summed E-state index contributed by atoms with van der Waals surface area (Å²) in [5.74, 6) is -7.97. The van der Waals surface area contributed by atoms with Gasteiger partial charge in [0.25, 0.3) is 11.8 Å². The van der Waals surface area contributed by atoms with Crippen molar-refractivity contribution in [3.05, 3.63) is 53.5 Å². The first kappa shape index (κ1) is 14.2. The molecule has 0 unspecified atom stereocenters. The summed E-state index contributed by atoms with van der Waals surface area (Å²) < 4.78 is 81.7. The van der Waals surface area contributed by atoms with Crippen LogP contribution in [0.3, 0.4) is 0 Å². The van der Waals surface area contributed by atoms with E-state index in [9.17, 15) is 26.3 Å². The predicted molar refractivity (Wildman–Crippen MR) is 55.6 cm³/mol. The molecule has 0 aliphatic carbocycles. The molecule has 2 nitrogen and oxygen atoms in total. The lowest BCUT2D eigenvalue weighted by Crippen LogP contribution is -2.15. The molecule has 0 fully saturated rings. The van der Waals surface area contributed by atoms with Crippen LogP contribution in [0.1, 0.15) is 5.56 Å². The minimum Gasteiger partial charge on any atom is -0.436 e. The van der Waals surface area contributed by atoms with Crippen LogP contribution in [-0.4, -0.2) is 4.98 Å². The molecule has 2 rings (SSSR count). The number of aromatic nitrogens is 1. The van der Waals surface area contributed by atoms with Crippen molar-refractivity contribution in [2.45, 2.75) is 6.18 Å². The van der Waals surface area contributed by atoms with Crippen molar-refractivity contribution in [1.82, 2.24) is 4.98 Å². The molecule has 0 amide bonds. The summed E-state index contributed by atoms with van der Waals surface area (Å²) in [4.78, 5) is 2.70. The van der Waals surface area contributed by atoms with Gasteiger partial charge in [-0.3, -0.25) is 0 Å². The maximum atomic E-state index is 13.6. The predicted octanol–water partition coefficient (Wildman–Crippen LogP) is 4.31. The number of pyridine rings is 1. The Labute approximate surface area is 108 Å². The molecule has 20 heavy (non-hydrogen) atoms. The van der Waals surface area contributed by atoms with Crippen LogP contribution in [0.4, 0.5) is 26.3 Å². The zero-order valence-electron chi connectivity index (χ0n) is 9.51. The van der Waals surface area contributed by atoms with Crippen LogP contribution in [0.25, 0.3) is 0 Å². The molecule has 0 saturated heterocycles. The lowest BCUT2D eigenvalue weighted by Gasteiger charge is -2.12. The van der Waals surface area contributed by atoms with Gasteiger partial charge in [0.1, 0.15) is 11.3 Å². The highest BCUT2D eigenvalue weighted by atomic mass is 19.4. The van der Waals surface area contributed by atoms with Crippen LogP contribution in [0.2, 0.25) is 0 Å². The molecule has 8 heteroatoms. The quantitative estimate of drug-likeness (QED) is 0.608. The molecule has 1 aromatic heterocycles. The number of alkyl halides is 3. The fourth-order valence-corrected chi connectivity index (χ4v) is 1.41. The van der Waals surface area contributed by atoms with Crippen LogP contribution in [0.15, 0.2) is 30.3 Å². The van der Waals surface area contributed by atoms with Crippen molar-refractivity contribution in [2.24, 2.45) is 0 Å². The number of hydrogen-bond donors (Lipinski definition) is 0. The van der Waals surface area contributed by atoms with E-state index in [1.54, 1.807) is 6.07 Å². The average Bonchev–Trinajstić information content (AvgIpc) is 2.36. The highest BCUT2D eigenvalue weighted by Crippen LogP contribution is 2.37. The number of ether oxygens (including phenoxy) is 1. The normalized spacial score (nSPS) is 11.5. The first-order chi connectivity index (χ1) is 9.30. The fraction of sp³-hybridized carbons (Fsp3) is 0.0833. The first-order valence-electron chi connectivity index (χ1n) is 5.15. The molecule has 0 radical (unpaired) electrons. The second-order valence-corrected chi connectivity index (χ2v) is 3.62. The summed E-state index contributed by atoms with van der Waals surface area (Å²) in [5.41, 5.74) is -2.38. The summed E-state index contributed by atoms with van der Waals surface area (Å²) >= 11 is 0. The van der Waals surface area contributed by atoms with Crippen LogP contribution in [0.5, 0.6) is 11.6 Å². The molecule has 0 aliphatic rings. The Morgan fingerprint density at radius 2 is 1.50 bits per heavy atom. The lowest BCUT2D eigenvalue weighted by molar-refractivity contribution is -0.143. The third kappa shape index (κ3) is 2.68. The van der Waals surface area contributed by atoms with Crippen molar-refractivity contribution in [1.29, 1.82) is 0 Å². The van der Waals surface area contributed by atoms with Crippen LogP contribution < -0.4 is 4.74 Å². The van der Waals surface area contributed by atoms with E-state index in [1.165, 1.54) is 24.3 Å². The second-order valence-electron chi connectivity index (χ2n) is 3.62. The van der Waals surface area contributed by atoms with Gasteiger partial charge in [-0.1, -0.05) is 18.2 Å². The monoisotopic (exact) mass is 293 g/mol. The molecule has 0 N–H and O–H groups in total. The van der Waals surface area contributed by atoms with Gasteiger partial charge in [0, 0.05) is 0 Å². The molecule has 0 aliphatic heterocycles. The number of benzene rings is 1. The molecule has 1 heterocycles. The standard InChI is InChI=1S/C12H5F6NO/c13-8-7(12(16,17)18)9(14)11(19-10(8)15)20-6-4-2-1-3-5-6/h1-5H. The third-order valence-electron chi connectivity index (χ3n) is 2.25. The smallest absolute Gasteiger partial charge is 0.422 e. The molecule has 0 spiro atoms. The number of rotatable bonds is 2. The Bertz CT molecular complexity index is 626. The Morgan fingerprint density at radius 1 is 0.900 bits per heavy atom. The van der Waals surface area contributed by atoms with E-state index in [2.05, 4.69) is 9.72 Å². The maximum Gasteiger partial charge on any atom is 0.422 e. The van der Waals surface area contributed by atoms with E-state index in [0.717, 1.165) is 0 Å². The van der Waals surface area contributed by atoms with Gasteiger partial charge < -0.3 is 4.74 Å². The van der Waals surface area contributed by atoms with Crippen molar-refractivity contribution in [3.63, 3.8) is 0 Å². The van der Waals surface area contributed by atoms with Crippen molar-refractivity contribution in [2.75, 3.05) is 0 Å². The lowest BCUT2D eigenvalue weighted by atomic mass is 10.2. The maximum absolute atomic E-state index is 13.6. The van der Waals surface area contributed by atoms with E-state index >= 15 is 0 Å². The highest BCUT2D eigenvalue weighted by molar-refractivity contribution is 5.32. The van der Waals surface area contributed by atoms with E-state index in [-0.39, 0.29) is 5.75 Å². The van der Waals surface area contributed by atoms with Crippen molar-refractivity contribution in [3.8, 4) is 11.6 Å². The summed E-state index contributed by atoms with van der Waals surface area (Å²) in [6, 6.07) is 7.06. The first-order valence-corrected chi connectivity index (χ1v) is 5.15. The minimum absolute atomic E-state index is 0.0713. The number of halogens is 6. The molecule has 0 saturated carbocycles. The van der Waals surface area contributed by atoms with Gasteiger partial charge in [0.05, 0.1) is 0 Å². The van der Waals surface area contributed by atoms with E-state index < -0.39 is 35.2 Å². The second kappa shape index (κ2) is 5.03. The van der Waals surface area contributed by atoms with Gasteiger partial charge in [0.15, 0.2) is 5.82 Å². The summed E-state index contributed by atoms with van der Waals surface area (Å²) in [6.07, 6.45) is -5.41. The van der Waals surface area contributed by atoms with Crippen LogP contribution in [-0.2, 0) is 6.18 Å². The van der Waals surface area contributed by atoms with E-state index in [4.69, 9.17) is 0 Å². The Hall–Kier alpha value is -2.25. The molecule has 0 atom stereocenters. The zero-order chi connectivity index (χ0) is 14.9. The summed E-state index contributed by atoms with van der Waals surface area (Å²) in [7, 11) is 0. The number of para-hydroxylation sites is 1. The van der Waals surface area contributed by atoms with Gasteiger partial charge in [-0.05, 0) is 12.1 Å². The Morgan fingerprint density at radius 3 is 2.05 bits per heavy atom. The minimum atomic E-state index is -5.41. The zero-order valence-corrected chi connectivity index (χ0v) is 9.51. The molecule has 2 aromatic rings. The fourth-order valence-electron chi connectivity index (χ4n) is 1.41. The van der Waals surface area contributed by atoms with Crippen molar-refractivity contribution >= 4 is 0 Å². The van der Waals surface area contributed by atoms with Gasteiger partial charge in [-0.15, -0.1) is 0 Å². The molecule has 106 valence electrons. The van der Waals surface area contributed by atoms with Crippen molar-refractivity contribution < 1.29 is 31.1 Å². The molecular weight excluding hydrogens is 288 g/mol. The van der Waals surface area contributed by atoms with Gasteiger partial charge in [-0.2, -0.15) is 22.5 Å². The topological polar surface area (TPSA) is 22.1 Å². The SMILES string of the molecule is Fc1nc(Oc2ccccc2)c(F)c(C(F)(F)F)c1F. The highest BCUT2D eigenvalue weighted by Gasteiger charge is 2.41. The van der Waals surface area contributed by atoms with Gasteiger partial charge in [0.2, 0.25) is 5.82 Å². The summed E-state index contributed by atoms with van der Waals surface area (Å²) in [5, 5.41) is 0. The van der Waals surface area contributed by atoms with Gasteiger partial charge >= 0.3 is 6.18 Å². The number of nitrogens with zero attached hydrogens (tertiary/aromatic N) is 1. The third-order valence-corrected chi connectivity index (χ3v) is 2.25. The summed E-state index contributed by atoms with van der Waals surface area (Å²) in [6.45, 7) is 0. The van der Waals surface area contributed by atoms with Crippen LogP contribution in [0, 0.1) is 17.6 Å². The van der Waals surface area contributed by atoms with E-state index in [0.29, 0.717) is 0 Å². The average molecular weight is 293 g/mol. The Balaban J connectivity index is 2.53. The largest absolute Gasteiger partial charge is 0.436 e. The Kier molecular flexibility index (Phi) is 3.56. The molecule has 0 bridgehead atoms.